The van der Waals surface area contributed by atoms with Crippen LogP contribution < -0.4 is 37.6 Å². The molecule has 0 spiro atoms. The molecule has 1 saturated heterocycles. The van der Waals surface area contributed by atoms with Crippen LogP contribution in [0.25, 0.3) is 6.08 Å². The van der Waals surface area contributed by atoms with Crippen molar-refractivity contribution in [2.45, 2.75) is 130 Å². The van der Waals surface area contributed by atoms with Gasteiger partial charge in [0, 0.05) is 119 Å². The maximum Gasteiger partial charge on any atom is 0.312 e. The number of amides is 8. The summed E-state index contributed by atoms with van der Waals surface area (Å²) in [7, 11) is 0. The number of ketones is 2. The number of primary amides is 1. The Hall–Kier alpha value is -8.56. The van der Waals surface area contributed by atoms with Gasteiger partial charge in [-0.15, -0.1) is 0 Å². The highest BCUT2D eigenvalue weighted by atomic mass is 16.5. The Kier molecular flexibility index (Phi) is 24.9. The topological polar surface area (TPSA) is 315 Å². The molecule has 1 fully saturated rings. The van der Waals surface area contributed by atoms with E-state index in [4.69, 9.17) is 16.2 Å². The lowest BCUT2D eigenvalue weighted by Crippen LogP contribution is -2.46. The molecule has 4 heterocycles. The standard InChI is InChI=1S/C62H81N11O11/c1-5-29-71(6-2)61(82)46-34-44-19-20-45(35-51(44)69-53(63)36-46)59(80)68-47-21-22-54(67-38-47)72-31-25-43(26-32-72)58(79)65-27-11-14-57(78)84-39-42-17-15-41(16-18-42)33-52(75)50(13-10-28-66-62(64)83)70-60(81)49(40(3)4)37-48(74)12-8-7-9-30-73-55(76)23-24-56(73)77/h15-24,34-35,38,40,43,49-50H,5-14,25-33,36-37,39H2,1-4H3,(H2,63,69)(H,65,79)(H,68,80)(H,70,81)(H3,64,66,83)/t49-,50-/m0/s1. The highest BCUT2D eigenvalue weighted by Crippen LogP contribution is 2.30. The highest BCUT2D eigenvalue weighted by molar-refractivity contribution is 6.13. The van der Waals surface area contributed by atoms with Gasteiger partial charge in [-0.2, -0.15) is 0 Å². The number of nitrogens with two attached hydrogens (primary N) is 2. The Morgan fingerprint density at radius 1 is 0.833 bits per heavy atom. The van der Waals surface area contributed by atoms with E-state index in [0.717, 1.165) is 17.1 Å². The molecule has 8 amide bonds. The van der Waals surface area contributed by atoms with Crippen molar-refractivity contribution in [3.05, 3.63) is 101 Å². The molecule has 22 nitrogen and oxygen atoms in total. The predicted octanol–water partition coefficient (Wildman–Crippen LogP) is 5.99. The zero-order valence-electron chi connectivity index (χ0n) is 48.8. The largest absolute Gasteiger partial charge is 0.461 e. The van der Waals surface area contributed by atoms with E-state index >= 15 is 0 Å². The van der Waals surface area contributed by atoms with Gasteiger partial charge in [-0.3, -0.25) is 48.1 Å². The number of pyridine rings is 1. The summed E-state index contributed by atoms with van der Waals surface area (Å²) in [6.07, 6.45) is 11.1. The number of ether oxygens (including phenoxy) is 1. The number of likely N-dealkylation sites (N-methyl/N-ethyl adjacent to an activating group) is 1. The molecule has 0 radical (unpaired) electrons. The van der Waals surface area contributed by atoms with Crippen LogP contribution in [0.4, 0.5) is 22.0 Å². The number of fused-ring (bicyclic) bond motifs is 1. The third kappa shape index (κ3) is 19.8. The van der Waals surface area contributed by atoms with Crippen molar-refractivity contribution in [1.82, 2.24) is 30.7 Å². The second kappa shape index (κ2) is 32.3. The third-order valence-electron chi connectivity index (χ3n) is 15.0. The van der Waals surface area contributed by atoms with Crippen molar-refractivity contribution in [3.63, 3.8) is 0 Å². The lowest BCUT2D eigenvalue weighted by atomic mass is 9.88. The van der Waals surface area contributed by atoms with E-state index in [-0.39, 0.29) is 111 Å². The van der Waals surface area contributed by atoms with E-state index in [1.54, 1.807) is 65.7 Å². The molecule has 3 aliphatic heterocycles. The summed E-state index contributed by atoms with van der Waals surface area (Å²) in [5.41, 5.74) is 15.4. The zero-order chi connectivity index (χ0) is 60.7. The monoisotopic (exact) mass is 1160 g/mol. The normalized spacial score (nSPS) is 14.8. The number of benzene rings is 2. The molecular weight excluding hydrogens is 1070 g/mol. The van der Waals surface area contributed by atoms with E-state index in [1.807, 2.05) is 33.8 Å². The lowest BCUT2D eigenvalue weighted by Gasteiger charge is -2.32. The number of nitrogens with one attached hydrogen (secondary N) is 4. The van der Waals surface area contributed by atoms with Crippen LogP contribution in [0.3, 0.4) is 0 Å². The highest BCUT2D eigenvalue weighted by Gasteiger charge is 2.31. The van der Waals surface area contributed by atoms with Crippen molar-refractivity contribution < 1.29 is 52.7 Å². The summed E-state index contributed by atoms with van der Waals surface area (Å²) in [4.78, 5) is 142. The minimum atomic E-state index is -0.904. The van der Waals surface area contributed by atoms with Gasteiger partial charge in [0.25, 0.3) is 17.7 Å². The molecule has 6 rings (SSSR count). The van der Waals surface area contributed by atoms with Crippen LogP contribution in [0.5, 0.6) is 0 Å². The van der Waals surface area contributed by atoms with E-state index in [0.29, 0.717) is 123 Å². The van der Waals surface area contributed by atoms with Crippen LogP contribution in [-0.4, -0.2) is 131 Å². The van der Waals surface area contributed by atoms with Crippen LogP contribution in [0.15, 0.2) is 83.5 Å². The van der Waals surface area contributed by atoms with E-state index < -0.39 is 29.9 Å². The van der Waals surface area contributed by atoms with Gasteiger partial charge in [0.2, 0.25) is 17.7 Å². The molecule has 3 aromatic rings. The number of anilines is 2. The minimum Gasteiger partial charge on any atom is -0.461 e. The first-order valence-corrected chi connectivity index (χ1v) is 29.2. The number of piperidine rings is 1. The molecule has 0 aliphatic carbocycles. The molecule has 2 atom stereocenters. The predicted molar refractivity (Wildman–Crippen MR) is 318 cm³/mol. The maximum absolute atomic E-state index is 13.7. The fourth-order valence-corrected chi connectivity index (χ4v) is 10.2. The fraction of sp³-hybridized carbons (Fsp3) is 0.484. The maximum atomic E-state index is 13.7. The van der Waals surface area contributed by atoms with Gasteiger partial charge >= 0.3 is 12.0 Å². The second-order valence-corrected chi connectivity index (χ2v) is 21.8. The Balaban J connectivity index is 0.873. The van der Waals surface area contributed by atoms with Gasteiger partial charge in [-0.1, -0.05) is 57.5 Å². The van der Waals surface area contributed by atoms with Gasteiger partial charge in [0.05, 0.1) is 23.6 Å². The number of unbranched alkanes of at least 4 members (excludes halogenated alkanes) is 2. The zero-order valence-corrected chi connectivity index (χ0v) is 48.8. The van der Waals surface area contributed by atoms with Crippen LogP contribution in [-0.2, 0) is 56.1 Å². The van der Waals surface area contributed by atoms with Crippen LogP contribution >= 0.6 is 0 Å². The van der Waals surface area contributed by atoms with Crippen LogP contribution in [0.2, 0.25) is 0 Å². The number of Topliss-reactive ketones (excluding diaryl/α,β-unsaturated/α-hetero) is 2. The van der Waals surface area contributed by atoms with Crippen molar-refractivity contribution in [3.8, 4) is 0 Å². The first kappa shape index (κ1) is 64.6. The second-order valence-electron chi connectivity index (χ2n) is 21.8. The Morgan fingerprint density at radius 3 is 2.21 bits per heavy atom. The van der Waals surface area contributed by atoms with Crippen molar-refractivity contribution in [2.75, 3.05) is 56.0 Å². The number of aromatic nitrogens is 1. The molecule has 2 aromatic carbocycles. The van der Waals surface area contributed by atoms with Gasteiger partial charge in [-0.25, -0.2) is 14.8 Å². The van der Waals surface area contributed by atoms with Crippen molar-refractivity contribution in [2.24, 2.45) is 34.2 Å². The number of amidine groups is 1. The number of rotatable bonds is 32. The molecule has 22 heteroatoms. The summed E-state index contributed by atoms with van der Waals surface area (Å²) in [6.45, 7) is 10.9. The molecule has 0 unspecified atom stereocenters. The lowest BCUT2D eigenvalue weighted by molar-refractivity contribution is -0.145. The van der Waals surface area contributed by atoms with E-state index in [9.17, 15) is 47.9 Å². The molecule has 84 heavy (non-hydrogen) atoms. The first-order valence-electron chi connectivity index (χ1n) is 29.2. The third-order valence-corrected chi connectivity index (χ3v) is 15.0. The summed E-state index contributed by atoms with van der Waals surface area (Å²) >= 11 is 0. The number of carbonyl (C=O) groups excluding carboxylic acids is 10. The van der Waals surface area contributed by atoms with Gasteiger partial charge < -0.3 is 47.3 Å². The fourth-order valence-electron chi connectivity index (χ4n) is 10.2. The van der Waals surface area contributed by atoms with Crippen molar-refractivity contribution >= 4 is 88.1 Å². The molecule has 1 aromatic heterocycles. The van der Waals surface area contributed by atoms with E-state index in [1.165, 1.54) is 12.2 Å². The molecule has 8 N–H and O–H groups in total. The summed E-state index contributed by atoms with van der Waals surface area (Å²) in [5, 5.41) is 11.2. The summed E-state index contributed by atoms with van der Waals surface area (Å²) in [5.74, 6) is -2.49. The SMILES string of the molecule is CCCN(CC)C(=O)C1=Cc2ccc(C(=O)Nc3ccc(N4CCC(C(=O)NCCCC(=O)OCc5ccc(CC(=O)[C@H](CCCNC(N)=O)NC(=O)[C@@H](CC(=O)CCCCCN6C(=O)C=CC6=O)C(C)C)cc5)CC4)nc3)cc2N=C(N)C1. The quantitative estimate of drug-likeness (QED) is 0.0238. The minimum absolute atomic E-state index is 0.00697. The number of hydrogen-bond donors (Lipinski definition) is 6. The van der Waals surface area contributed by atoms with Crippen molar-refractivity contribution in [1.29, 1.82) is 0 Å². The molecule has 3 aliphatic rings. The number of urea groups is 1. The Labute approximate surface area is 491 Å². The smallest absolute Gasteiger partial charge is 0.312 e. The van der Waals surface area contributed by atoms with Gasteiger partial charge in [-0.05, 0) is 106 Å². The number of carbonyl (C=O) groups is 10. The van der Waals surface area contributed by atoms with Crippen LogP contribution in [0, 0.1) is 17.8 Å². The molecule has 0 saturated carbocycles. The first-order chi connectivity index (χ1) is 40.3. The number of esters is 1. The Morgan fingerprint density at radius 2 is 1.55 bits per heavy atom. The number of nitrogens with zero attached hydrogens (tertiary/aromatic N) is 5. The number of hydrogen-bond acceptors (Lipinski definition) is 15. The van der Waals surface area contributed by atoms with Gasteiger partial charge in [0.1, 0.15) is 24.0 Å². The average molecular weight is 1160 g/mol. The molecular formula is C62H81N11O11. The molecule has 0 bridgehead atoms. The van der Waals surface area contributed by atoms with Gasteiger partial charge in [0.15, 0.2) is 5.78 Å². The average Bonchev–Trinajstić information content (AvgIpc) is 3.81. The van der Waals surface area contributed by atoms with Crippen LogP contribution in [0.1, 0.15) is 138 Å². The summed E-state index contributed by atoms with van der Waals surface area (Å²) in [6, 6.07) is 14.1. The molecule has 450 valence electrons. The summed E-state index contributed by atoms with van der Waals surface area (Å²) < 4.78 is 5.50. The van der Waals surface area contributed by atoms with E-state index in [2.05, 4.69) is 36.1 Å². The Bertz CT molecular complexity index is 2930. The number of imide groups is 1. The number of aliphatic imine (C=N–C) groups is 1.